The molecule has 0 saturated heterocycles. The molecule has 3 heteroatoms. The van der Waals surface area contributed by atoms with Crippen molar-refractivity contribution in [1.82, 2.24) is 0 Å². The van der Waals surface area contributed by atoms with Crippen molar-refractivity contribution in [2.24, 2.45) is 5.92 Å². The topological polar surface area (TPSA) is 26.3 Å². The van der Waals surface area contributed by atoms with Crippen LogP contribution in [0.3, 0.4) is 0 Å². The standard InChI is InChI=1S/C14H17BrO2/c1-14(2,3)17-13(16)12-8-11(12)9-4-6-10(15)7-5-9/h4-7,11-12H,8H2,1-3H3/t11-,12+/m1/s1. The third kappa shape index (κ3) is 3.32. The van der Waals surface area contributed by atoms with Gasteiger partial charge in [-0.05, 0) is 50.8 Å². The van der Waals surface area contributed by atoms with Crippen LogP contribution >= 0.6 is 15.9 Å². The normalized spacial score (nSPS) is 23.3. The third-order valence-electron chi connectivity index (χ3n) is 2.80. The average molecular weight is 297 g/mol. The van der Waals surface area contributed by atoms with Crippen LogP contribution in [-0.4, -0.2) is 11.6 Å². The lowest BCUT2D eigenvalue weighted by atomic mass is 10.1. The van der Waals surface area contributed by atoms with Crippen LogP contribution in [-0.2, 0) is 9.53 Å². The summed E-state index contributed by atoms with van der Waals surface area (Å²) in [6.07, 6.45) is 0.913. The van der Waals surface area contributed by atoms with Crippen molar-refractivity contribution in [3.63, 3.8) is 0 Å². The molecule has 1 saturated carbocycles. The molecule has 17 heavy (non-hydrogen) atoms. The predicted molar refractivity (Wildman–Crippen MR) is 70.8 cm³/mol. The summed E-state index contributed by atoms with van der Waals surface area (Å²) < 4.78 is 6.45. The zero-order valence-electron chi connectivity index (χ0n) is 10.4. The smallest absolute Gasteiger partial charge is 0.310 e. The van der Waals surface area contributed by atoms with Crippen molar-refractivity contribution in [3.8, 4) is 0 Å². The Morgan fingerprint density at radius 1 is 1.29 bits per heavy atom. The summed E-state index contributed by atoms with van der Waals surface area (Å²) in [6.45, 7) is 5.71. The number of benzene rings is 1. The molecule has 1 fully saturated rings. The van der Waals surface area contributed by atoms with E-state index in [9.17, 15) is 4.79 Å². The molecule has 0 unspecified atom stereocenters. The molecule has 0 spiro atoms. The van der Waals surface area contributed by atoms with Crippen LogP contribution in [0.5, 0.6) is 0 Å². The van der Waals surface area contributed by atoms with Gasteiger partial charge in [-0.2, -0.15) is 0 Å². The minimum Gasteiger partial charge on any atom is -0.460 e. The quantitative estimate of drug-likeness (QED) is 0.774. The molecule has 2 rings (SSSR count). The van der Waals surface area contributed by atoms with E-state index in [0.717, 1.165) is 10.9 Å². The molecule has 1 aromatic rings. The van der Waals surface area contributed by atoms with Crippen molar-refractivity contribution in [2.45, 2.75) is 38.7 Å². The minimum atomic E-state index is -0.385. The Kier molecular flexibility index (Phi) is 3.30. The molecule has 1 aliphatic carbocycles. The lowest BCUT2D eigenvalue weighted by molar-refractivity contribution is -0.156. The molecule has 1 aliphatic rings. The van der Waals surface area contributed by atoms with Crippen LogP contribution in [0, 0.1) is 5.92 Å². The number of carbonyl (C=O) groups is 1. The van der Waals surface area contributed by atoms with Crippen molar-refractivity contribution >= 4 is 21.9 Å². The van der Waals surface area contributed by atoms with E-state index in [4.69, 9.17) is 4.74 Å². The molecular formula is C14H17BrO2. The van der Waals surface area contributed by atoms with Gasteiger partial charge >= 0.3 is 5.97 Å². The van der Waals surface area contributed by atoms with E-state index in [-0.39, 0.29) is 17.5 Å². The number of halogens is 1. The molecule has 1 aromatic carbocycles. The van der Waals surface area contributed by atoms with Gasteiger partial charge in [0.1, 0.15) is 5.60 Å². The summed E-state index contributed by atoms with van der Waals surface area (Å²) in [5.74, 6) is 0.332. The van der Waals surface area contributed by atoms with Gasteiger partial charge in [0.05, 0.1) is 5.92 Å². The second-order valence-electron chi connectivity index (χ2n) is 5.53. The van der Waals surface area contributed by atoms with Gasteiger partial charge in [0.2, 0.25) is 0 Å². The summed E-state index contributed by atoms with van der Waals surface area (Å²) in [6, 6.07) is 8.16. The second-order valence-corrected chi connectivity index (χ2v) is 6.45. The summed E-state index contributed by atoms with van der Waals surface area (Å²) in [4.78, 5) is 11.8. The Labute approximate surface area is 110 Å². The first-order valence-corrected chi connectivity index (χ1v) is 6.64. The van der Waals surface area contributed by atoms with Gasteiger partial charge in [-0.3, -0.25) is 4.79 Å². The number of carbonyl (C=O) groups excluding carboxylic acids is 1. The molecule has 0 bridgehead atoms. The minimum absolute atomic E-state index is 0.0513. The lowest BCUT2D eigenvalue weighted by Gasteiger charge is -2.19. The van der Waals surface area contributed by atoms with Crippen LogP contribution in [0.2, 0.25) is 0 Å². The summed E-state index contributed by atoms with van der Waals surface area (Å²) in [7, 11) is 0. The first kappa shape index (κ1) is 12.6. The maximum absolute atomic E-state index is 11.8. The van der Waals surface area contributed by atoms with Crippen molar-refractivity contribution in [1.29, 1.82) is 0 Å². The fourth-order valence-corrected chi connectivity index (χ4v) is 2.18. The summed E-state index contributed by atoms with van der Waals surface area (Å²) >= 11 is 3.41. The Morgan fingerprint density at radius 3 is 2.41 bits per heavy atom. The molecule has 2 nitrogen and oxygen atoms in total. The highest BCUT2D eigenvalue weighted by Crippen LogP contribution is 2.48. The van der Waals surface area contributed by atoms with Crippen molar-refractivity contribution < 1.29 is 9.53 Å². The maximum atomic E-state index is 11.8. The molecule has 0 aromatic heterocycles. The largest absolute Gasteiger partial charge is 0.460 e. The number of rotatable bonds is 2. The van der Waals surface area contributed by atoms with Crippen LogP contribution in [0.1, 0.15) is 38.7 Å². The first-order valence-electron chi connectivity index (χ1n) is 5.85. The molecule has 0 radical (unpaired) electrons. The highest BCUT2D eigenvalue weighted by Gasteiger charge is 2.46. The molecule has 2 atom stereocenters. The lowest BCUT2D eigenvalue weighted by Crippen LogP contribution is -2.25. The summed E-state index contributed by atoms with van der Waals surface area (Å²) in [5, 5.41) is 0. The van der Waals surface area contributed by atoms with Gasteiger partial charge in [0, 0.05) is 4.47 Å². The van der Waals surface area contributed by atoms with Gasteiger partial charge in [-0.15, -0.1) is 0 Å². The number of hydrogen-bond acceptors (Lipinski definition) is 2. The van der Waals surface area contributed by atoms with Gasteiger partial charge in [0.25, 0.3) is 0 Å². The third-order valence-corrected chi connectivity index (χ3v) is 3.33. The number of esters is 1. The Morgan fingerprint density at radius 2 is 1.88 bits per heavy atom. The zero-order chi connectivity index (χ0) is 12.6. The molecular weight excluding hydrogens is 280 g/mol. The molecule has 0 N–H and O–H groups in total. The molecule has 0 amide bonds. The van der Waals surface area contributed by atoms with E-state index in [1.807, 2.05) is 32.9 Å². The van der Waals surface area contributed by atoms with Crippen LogP contribution < -0.4 is 0 Å². The van der Waals surface area contributed by atoms with E-state index in [2.05, 4.69) is 28.1 Å². The molecule has 0 heterocycles. The SMILES string of the molecule is CC(C)(C)OC(=O)[C@H]1C[C@@H]1c1ccc(Br)cc1. The Bertz CT molecular complexity index is 417. The van der Waals surface area contributed by atoms with Crippen LogP contribution in [0.25, 0.3) is 0 Å². The zero-order valence-corrected chi connectivity index (χ0v) is 12.0. The Balaban J connectivity index is 1.96. The molecule has 0 aliphatic heterocycles. The first-order chi connectivity index (χ1) is 7.87. The van der Waals surface area contributed by atoms with E-state index in [1.54, 1.807) is 0 Å². The van der Waals surface area contributed by atoms with E-state index in [1.165, 1.54) is 5.56 Å². The molecule has 92 valence electrons. The summed E-state index contributed by atoms with van der Waals surface area (Å²) in [5.41, 5.74) is 0.841. The monoisotopic (exact) mass is 296 g/mol. The van der Waals surface area contributed by atoms with E-state index in [0.29, 0.717) is 5.92 Å². The maximum Gasteiger partial charge on any atom is 0.310 e. The van der Waals surface area contributed by atoms with Gasteiger partial charge in [0.15, 0.2) is 0 Å². The van der Waals surface area contributed by atoms with Crippen molar-refractivity contribution in [2.75, 3.05) is 0 Å². The fourth-order valence-electron chi connectivity index (χ4n) is 1.91. The highest BCUT2D eigenvalue weighted by molar-refractivity contribution is 9.10. The van der Waals surface area contributed by atoms with Crippen LogP contribution in [0.4, 0.5) is 0 Å². The van der Waals surface area contributed by atoms with E-state index >= 15 is 0 Å². The van der Waals surface area contributed by atoms with Gasteiger partial charge in [-0.1, -0.05) is 28.1 Å². The van der Waals surface area contributed by atoms with Crippen LogP contribution in [0.15, 0.2) is 28.7 Å². The predicted octanol–water partition coefficient (Wildman–Crippen LogP) is 3.89. The Hall–Kier alpha value is -0.830. The fraction of sp³-hybridized carbons (Fsp3) is 0.500. The second kappa shape index (κ2) is 4.45. The average Bonchev–Trinajstić information content (AvgIpc) is 2.96. The van der Waals surface area contributed by atoms with Crippen molar-refractivity contribution in [3.05, 3.63) is 34.3 Å². The number of hydrogen-bond donors (Lipinski definition) is 0. The highest BCUT2D eigenvalue weighted by atomic mass is 79.9. The van der Waals surface area contributed by atoms with Gasteiger partial charge in [-0.25, -0.2) is 0 Å². The van der Waals surface area contributed by atoms with E-state index < -0.39 is 0 Å². The van der Waals surface area contributed by atoms with Gasteiger partial charge < -0.3 is 4.74 Å². The number of ether oxygens (including phenoxy) is 1.